The molecule has 3 rings (SSSR count). The molecule has 1 saturated heterocycles. The van der Waals surface area contributed by atoms with Gasteiger partial charge in [-0.15, -0.1) is 0 Å². The summed E-state index contributed by atoms with van der Waals surface area (Å²) in [6.45, 7) is -1.10. The van der Waals surface area contributed by atoms with E-state index >= 15 is 0 Å². The molecule has 176 valence electrons. The van der Waals surface area contributed by atoms with E-state index in [1.54, 1.807) is 18.2 Å². The van der Waals surface area contributed by atoms with Gasteiger partial charge in [0, 0.05) is 18.5 Å². The van der Waals surface area contributed by atoms with E-state index < -0.39 is 58.0 Å². The van der Waals surface area contributed by atoms with E-state index in [-0.39, 0.29) is 6.54 Å². The van der Waals surface area contributed by atoms with Crippen LogP contribution in [0, 0.1) is 0 Å². The average Bonchev–Trinajstić information content (AvgIpc) is 2.97. The molecule has 0 radical (unpaired) electrons. The van der Waals surface area contributed by atoms with Crippen LogP contribution in [0.5, 0.6) is 0 Å². The highest BCUT2D eigenvalue weighted by Crippen LogP contribution is 2.57. The maximum absolute atomic E-state index is 12.8. The Bertz CT molecular complexity index is 1160. The molecule has 17 heteroatoms. The van der Waals surface area contributed by atoms with Crippen LogP contribution in [0.4, 0.5) is 0 Å². The molecule has 3 heterocycles. The lowest BCUT2D eigenvalue weighted by molar-refractivity contribution is -0.0547. The minimum Gasteiger partial charge on any atom is -0.387 e. The van der Waals surface area contributed by atoms with Gasteiger partial charge in [-0.1, -0.05) is 6.07 Å². The van der Waals surface area contributed by atoms with Crippen LogP contribution in [-0.2, 0) is 29.2 Å². The molecular weight excluding hydrogens is 476 g/mol. The van der Waals surface area contributed by atoms with Gasteiger partial charge in [0.2, 0.25) is 0 Å². The maximum atomic E-state index is 12.8. The third kappa shape index (κ3) is 5.85. The standard InChI is InChI=1S/C15H19N3O12P2/c19-11-4-6-17(15(22)18(11)7-9-3-1-2-5-16-9)14-13(21)12(20)10(29-14)8-28-32(26,27)30-31(23,24)25/h1-6,10,12-14,20-21H,7-8H2,(H,26,27)(H2,23,24,25)/t10-,12-,13-,14-/m1/s1. The summed E-state index contributed by atoms with van der Waals surface area (Å²) >= 11 is 0. The monoisotopic (exact) mass is 495 g/mol. The summed E-state index contributed by atoms with van der Waals surface area (Å²) in [5.41, 5.74) is -1.13. The number of phosphoric acid groups is 2. The van der Waals surface area contributed by atoms with Gasteiger partial charge < -0.3 is 29.6 Å². The number of rotatable bonds is 8. The lowest BCUT2D eigenvalue weighted by Crippen LogP contribution is -2.43. The lowest BCUT2D eigenvalue weighted by atomic mass is 10.1. The Morgan fingerprint density at radius 3 is 2.44 bits per heavy atom. The minimum absolute atomic E-state index is 0.176. The van der Waals surface area contributed by atoms with Crippen molar-refractivity contribution in [3.63, 3.8) is 0 Å². The number of pyridine rings is 1. The lowest BCUT2D eigenvalue weighted by Gasteiger charge is -2.19. The van der Waals surface area contributed by atoms with Crippen molar-refractivity contribution in [2.24, 2.45) is 0 Å². The number of nitrogens with zero attached hydrogens (tertiary/aromatic N) is 3. The normalized spacial score (nSPS) is 25.5. The van der Waals surface area contributed by atoms with Gasteiger partial charge >= 0.3 is 21.3 Å². The predicted octanol–water partition coefficient (Wildman–Crippen LogP) is -1.70. The second-order valence-corrected chi connectivity index (χ2v) is 9.46. The van der Waals surface area contributed by atoms with Gasteiger partial charge in [0.05, 0.1) is 18.8 Å². The molecule has 2 aromatic rings. The second kappa shape index (κ2) is 9.45. The van der Waals surface area contributed by atoms with E-state index in [2.05, 4.69) is 13.8 Å². The molecule has 1 aliphatic rings. The van der Waals surface area contributed by atoms with Crippen molar-refractivity contribution in [2.75, 3.05) is 6.61 Å². The number of aliphatic hydroxyl groups is 2. The highest BCUT2D eigenvalue weighted by atomic mass is 31.3. The van der Waals surface area contributed by atoms with E-state index in [9.17, 15) is 33.8 Å². The van der Waals surface area contributed by atoms with Crippen molar-refractivity contribution in [3.8, 4) is 0 Å². The minimum atomic E-state index is -5.36. The summed E-state index contributed by atoms with van der Waals surface area (Å²) in [6, 6.07) is 5.94. The van der Waals surface area contributed by atoms with Crippen LogP contribution in [0.1, 0.15) is 11.9 Å². The van der Waals surface area contributed by atoms with Crippen molar-refractivity contribution in [2.45, 2.75) is 31.1 Å². The molecule has 0 amide bonds. The van der Waals surface area contributed by atoms with Crippen LogP contribution in [0.15, 0.2) is 46.2 Å². The first-order valence-corrected chi connectivity index (χ1v) is 11.9. The van der Waals surface area contributed by atoms with Gasteiger partial charge in [0.25, 0.3) is 5.56 Å². The molecule has 1 aliphatic heterocycles. The zero-order valence-electron chi connectivity index (χ0n) is 16.0. The Morgan fingerprint density at radius 2 is 1.81 bits per heavy atom. The number of hydrogen-bond donors (Lipinski definition) is 5. The molecular formula is C15H19N3O12P2. The largest absolute Gasteiger partial charge is 0.481 e. The molecule has 15 nitrogen and oxygen atoms in total. The fourth-order valence-corrected chi connectivity index (χ4v) is 4.55. The maximum Gasteiger partial charge on any atom is 0.481 e. The number of aliphatic hydroxyl groups excluding tert-OH is 2. The first-order chi connectivity index (χ1) is 14.9. The fourth-order valence-electron chi connectivity index (χ4n) is 2.95. The molecule has 5 atom stereocenters. The van der Waals surface area contributed by atoms with E-state index in [1.807, 2.05) is 0 Å². The SMILES string of the molecule is O=c1ccn([C@@H]2O[C@H](COP(=O)(O)OP(=O)(O)O)[C@@H](O)[C@H]2O)c(=O)n1Cc1ccccn1. The van der Waals surface area contributed by atoms with Gasteiger partial charge in [-0.05, 0) is 12.1 Å². The summed E-state index contributed by atoms with van der Waals surface area (Å²) in [5.74, 6) is 0. The van der Waals surface area contributed by atoms with Gasteiger partial charge in [0.1, 0.15) is 18.3 Å². The molecule has 5 N–H and O–H groups in total. The zero-order valence-corrected chi connectivity index (χ0v) is 17.8. The molecule has 1 unspecified atom stereocenters. The van der Waals surface area contributed by atoms with Crippen LogP contribution in [0.2, 0.25) is 0 Å². The summed E-state index contributed by atoms with van der Waals surface area (Å²) in [4.78, 5) is 55.5. The Hall–Kier alpha value is -2.03. The number of ether oxygens (including phenoxy) is 1. The van der Waals surface area contributed by atoms with Crippen LogP contribution in [0.3, 0.4) is 0 Å². The van der Waals surface area contributed by atoms with Crippen molar-refractivity contribution < 1.29 is 47.6 Å². The Morgan fingerprint density at radius 1 is 1.09 bits per heavy atom. The smallest absolute Gasteiger partial charge is 0.387 e. The molecule has 0 aliphatic carbocycles. The van der Waals surface area contributed by atoms with Crippen molar-refractivity contribution in [1.82, 2.24) is 14.1 Å². The van der Waals surface area contributed by atoms with Gasteiger partial charge in [-0.2, -0.15) is 4.31 Å². The van der Waals surface area contributed by atoms with Crippen molar-refractivity contribution in [1.29, 1.82) is 0 Å². The molecule has 32 heavy (non-hydrogen) atoms. The molecule has 0 spiro atoms. The van der Waals surface area contributed by atoms with Gasteiger partial charge in [-0.3, -0.25) is 23.4 Å². The predicted molar refractivity (Wildman–Crippen MR) is 103 cm³/mol. The molecule has 0 saturated carbocycles. The third-order valence-corrected chi connectivity index (χ3v) is 6.52. The van der Waals surface area contributed by atoms with Crippen LogP contribution in [0.25, 0.3) is 0 Å². The van der Waals surface area contributed by atoms with Crippen molar-refractivity contribution >= 4 is 15.6 Å². The fraction of sp³-hybridized carbons (Fsp3) is 0.400. The molecule has 1 fully saturated rings. The molecule has 0 aromatic carbocycles. The topological polar surface area (TPSA) is 220 Å². The highest BCUT2D eigenvalue weighted by Gasteiger charge is 2.46. The first kappa shape index (κ1) is 24.6. The van der Waals surface area contributed by atoms with Gasteiger partial charge in [0.15, 0.2) is 6.23 Å². The molecule has 2 aromatic heterocycles. The zero-order chi connectivity index (χ0) is 23.7. The summed E-state index contributed by atoms with van der Waals surface area (Å²) < 4.78 is 37.3. The van der Waals surface area contributed by atoms with E-state index in [0.717, 1.165) is 21.4 Å². The van der Waals surface area contributed by atoms with Crippen LogP contribution >= 0.6 is 15.6 Å². The van der Waals surface area contributed by atoms with Gasteiger partial charge in [-0.25, -0.2) is 13.9 Å². The Kier molecular flexibility index (Phi) is 7.27. The first-order valence-electron chi connectivity index (χ1n) is 8.86. The Balaban J connectivity index is 1.79. The van der Waals surface area contributed by atoms with Crippen LogP contribution in [-0.4, -0.2) is 63.9 Å². The summed E-state index contributed by atoms with van der Waals surface area (Å²) in [5, 5.41) is 20.4. The summed E-state index contributed by atoms with van der Waals surface area (Å²) in [7, 11) is -10.6. The second-order valence-electron chi connectivity index (χ2n) is 6.63. The number of aromatic nitrogens is 3. The van der Waals surface area contributed by atoms with E-state index in [1.165, 1.54) is 6.20 Å². The summed E-state index contributed by atoms with van der Waals surface area (Å²) in [6.07, 6.45) is -3.93. The van der Waals surface area contributed by atoms with Crippen molar-refractivity contribution in [3.05, 3.63) is 63.2 Å². The number of hydrogen-bond acceptors (Lipinski definition) is 10. The quantitative estimate of drug-likeness (QED) is 0.258. The average molecular weight is 495 g/mol. The van der Waals surface area contributed by atoms with E-state index in [0.29, 0.717) is 5.69 Å². The highest BCUT2D eigenvalue weighted by molar-refractivity contribution is 7.60. The van der Waals surface area contributed by atoms with Crippen LogP contribution < -0.4 is 11.2 Å². The molecule has 0 bridgehead atoms. The number of phosphoric ester groups is 1. The third-order valence-electron chi connectivity index (χ3n) is 4.36. The Labute approximate surface area is 178 Å². The van der Waals surface area contributed by atoms with E-state index in [4.69, 9.17) is 14.5 Å².